The lowest BCUT2D eigenvalue weighted by Crippen LogP contribution is -2.01. The van der Waals surface area contributed by atoms with Gasteiger partial charge in [0.2, 0.25) is 5.95 Å². The topological polar surface area (TPSA) is 94.1 Å². The van der Waals surface area contributed by atoms with E-state index in [-0.39, 0.29) is 11.5 Å². The van der Waals surface area contributed by atoms with Crippen LogP contribution in [0.5, 0.6) is 11.5 Å². The molecular weight excluding hydrogens is 196 g/mol. The van der Waals surface area contributed by atoms with Gasteiger partial charge in [0.1, 0.15) is 6.33 Å². The van der Waals surface area contributed by atoms with Gasteiger partial charge in [-0.1, -0.05) is 12.1 Å². The Morgan fingerprint density at radius 2 is 2.20 bits per heavy atom. The molecule has 0 aliphatic heterocycles. The highest BCUT2D eigenvalue weighted by molar-refractivity contribution is 5.45. The zero-order chi connectivity index (χ0) is 10.7. The molecule has 4 N–H and O–H groups in total. The van der Waals surface area contributed by atoms with Crippen LogP contribution < -0.4 is 5.32 Å². The smallest absolute Gasteiger partial charge is 0.242 e. The minimum Gasteiger partial charge on any atom is -0.504 e. The molecule has 2 rings (SSSR count). The number of nitrogens with zero attached hydrogens (tertiary/aromatic N) is 2. The van der Waals surface area contributed by atoms with Crippen molar-refractivity contribution in [3.05, 3.63) is 30.1 Å². The number of phenolic OH excluding ortho intramolecular Hbond substituents is 2. The van der Waals surface area contributed by atoms with Gasteiger partial charge < -0.3 is 15.5 Å². The summed E-state index contributed by atoms with van der Waals surface area (Å²) in [6, 6.07) is 4.78. The molecular formula is C9H10N4O2. The Morgan fingerprint density at radius 1 is 1.33 bits per heavy atom. The molecule has 0 saturated heterocycles. The van der Waals surface area contributed by atoms with E-state index in [4.69, 9.17) is 0 Å². The molecule has 0 fully saturated rings. The van der Waals surface area contributed by atoms with Gasteiger partial charge in [0.25, 0.3) is 0 Å². The van der Waals surface area contributed by atoms with Gasteiger partial charge in [-0.2, -0.15) is 0 Å². The Kier molecular flexibility index (Phi) is 2.40. The number of benzene rings is 1. The predicted octanol–water partition coefficient (Wildman–Crippen LogP) is 0.828. The van der Waals surface area contributed by atoms with Crippen molar-refractivity contribution in [3.8, 4) is 11.5 Å². The molecule has 0 aliphatic carbocycles. The summed E-state index contributed by atoms with van der Waals surface area (Å²) >= 11 is 0. The minimum atomic E-state index is -0.135. The Hall–Kier alpha value is -2.24. The predicted molar refractivity (Wildman–Crippen MR) is 53.5 cm³/mol. The van der Waals surface area contributed by atoms with E-state index in [9.17, 15) is 10.2 Å². The molecule has 6 heteroatoms. The lowest BCUT2D eigenvalue weighted by molar-refractivity contribution is 0.400. The number of hydrogen-bond acceptors (Lipinski definition) is 5. The monoisotopic (exact) mass is 206 g/mol. The Balaban J connectivity index is 2.08. The number of para-hydroxylation sites is 1. The van der Waals surface area contributed by atoms with Gasteiger partial charge in [0.05, 0.1) is 0 Å². The molecule has 0 saturated carbocycles. The maximum Gasteiger partial charge on any atom is 0.242 e. The average Bonchev–Trinajstić information content (AvgIpc) is 2.73. The highest BCUT2D eigenvalue weighted by Crippen LogP contribution is 2.28. The van der Waals surface area contributed by atoms with E-state index < -0.39 is 0 Å². The van der Waals surface area contributed by atoms with Crippen molar-refractivity contribution in [2.24, 2.45) is 0 Å². The van der Waals surface area contributed by atoms with Crippen LogP contribution in [0.1, 0.15) is 5.56 Å². The Morgan fingerprint density at radius 3 is 2.93 bits per heavy atom. The van der Waals surface area contributed by atoms with Gasteiger partial charge in [0.15, 0.2) is 11.5 Å². The van der Waals surface area contributed by atoms with Gasteiger partial charge in [-0.25, -0.2) is 4.98 Å². The van der Waals surface area contributed by atoms with Crippen LogP contribution in [0.4, 0.5) is 5.95 Å². The molecule has 1 aromatic carbocycles. The number of aromatic hydroxyl groups is 2. The van der Waals surface area contributed by atoms with Crippen molar-refractivity contribution in [1.29, 1.82) is 0 Å². The summed E-state index contributed by atoms with van der Waals surface area (Å²) in [7, 11) is 0. The van der Waals surface area contributed by atoms with Crippen LogP contribution in [0, 0.1) is 0 Å². The standard InChI is InChI=1S/C9H10N4O2/c14-7-3-1-2-6(8(7)15)4-10-9-11-5-12-13-9/h1-3,5,14-15H,4H2,(H2,10,11,12,13). The zero-order valence-corrected chi connectivity index (χ0v) is 7.81. The minimum absolute atomic E-state index is 0.125. The maximum atomic E-state index is 9.49. The van der Waals surface area contributed by atoms with E-state index in [1.54, 1.807) is 12.1 Å². The molecule has 15 heavy (non-hydrogen) atoms. The average molecular weight is 206 g/mol. The number of phenols is 2. The molecule has 1 aromatic heterocycles. The van der Waals surface area contributed by atoms with Crippen LogP contribution in [0.25, 0.3) is 0 Å². The van der Waals surface area contributed by atoms with E-state index in [1.807, 2.05) is 0 Å². The summed E-state index contributed by atoms with van der Waals surface area (Å²) < 4.78 is 0. The number of rotatable bonds is 3. The summed E-state index contributed by atoms with van der Waals surface area (Å²) in [5.74, 6) is 0.183. The second kappa shape index (κ2) is 3.87. The van der Waals surface area contributed by atoms with Crippen molar-refractivity contribution in [2.45, 2.75) is 6.54 Å². The zero-order valence-electron chi connectivity index (χ0n) is 7.81. The molecule has 0 amide bonds. The molecule has 0 unspecified atom stereocenters. The summed E-state index contributed by atoms with van der Waals surface area (Å²) in [5.41, 5.74) is 0.583. The molecule has 6 nitrogen and oxygen atoms in total. The van der Waals surface area contributed by atoms with Crippen LogP contribution in [0.2, 0.25) is 0 Å². The lowest BCUT2D eigenvalue weighted by atomic mass is 10.2. The third-order valence-electron chi connectivity index (χ3n) is 1.95. The second-order valence-corrected chi connectivity index (χ2v) is 2.96. The number of aromatic nitrogens is 3. The number of hydrogen-bond donors (Lipinski definition) is 4. The van der Waals surface area contributed by atoms with Crippen molar-refractivity contribution in [2.75, 3.05) is 5.32 Å². The molecule has 78 valence electrons. The van der Waals surface area contributed by atoms with Crippen molar-refractivity contribution in [1.82, 2.24) is 15.2 Å². The summed E-state index contributed by atoms with van der Waals surface area (Å²) in [6.45, 7) is 0.345. The van der Waals surface area contributed by atoms with E-state index in [0.717, 1.165) is 0 Å². The first-order valence-electron chi connectivity index (χ1n) is 4.37. The summed E-state index contributed by atoms with van der Waals surface area (Å²) in [5, 5.41) is 28.0. The third-order valence-corrected chi connectivity index (χ3v) is 1.95. The molecule has 0 aliphatic rings. The number of H-pyrrole nitrogens is 1. The Bertz CT molecular complexity index is 441. The third kappa shape index (κ3) is 1.98. The fourth-order valence-corrected chi connectivity index (χ4v) is 1.19. The van der Waals surface area contributed by atoms with E-state index in [2.05, 4.69) is 20.5 Å². The highest BCUT2D eigenvalue weighted by atomic mass is 16.3. The number of nitrogens with one attached hydrogen (secondary N) is 2. The number of aromatic amines is 1. The first kappa shape index (κ1) is 9.32. The van der Waals surface area contributed by atoms with E-state index in [1.165, 1.54) is 12.4 Å². The normalized spacial score (nSPS) is 10.1. The molecule has 0 spiro atoms. The first-order valence-corrected chi connectivity index (χ1v) is 4.37. The largest absolute Gasteiger partial charge is 0.504 e. The van der Waals surface area contributed by atoms with Crippen LogP contribution in [0.15, 0.2) is 24.5 Å². The van der Waals surface area contributed by atoms with Gasteiger partial charge >= 0.3 is 0 Å². The fourth-order valence-electron chi connectivity index (χ4n) is 1.19. The van der Waals surface area contributed by atoms with Gasteiger partial charge in [-0.3, -0.25) is 5.10 Å². The van der Waals surface area contributed by atoms with Gasteiger partial charge in [-0.15, -0.1) is 5.10 Å². The first-order chi connectivity index (χ1) is 7.27. The quantitative estimate of drug-likeness (QED) is 0.558. The SMILES string of the molecule is Oc1cccc(CNc2nc[nH]n2)c1O. The van der Waals surface area contributed by atoms with Crippen molar-refractivity contribution < 1.29 is 10.2 Å². The van der Waals surface area contributed by atoms with Crippen LogP contribution in [0.3, 0.4) is 0 Å². The van der Waals surface area contributed by atoms with E-state index >= 15 is 0 Å². The second-order valence-electron chi connectivity index (χ2n) is 2.96. The molecule has 1 heterocycles. The van der Waals surface area contributed by atoms with Crippen LogP contribution in [-0.2, 0) is 6.54 Å². The van der Waals surface area contributed by atoms with Crippen molar-refractivity contribution >= 4 is 5.95 Å². The van der Waals surface area contributed by atoms with Crippen LogP contribution in [-0.4, -0.2) is 25.4 Å². The maximum absolute atomic E-state index is 9.49. The summed E-state index contributed by atoms with van der Waals surface area (Å²) in [6.07, 6.45) is 1.45. The lowest BCUT2D eigenvalue weighted by Gasteiger charge is -2.05. The molecule has 2 aromatic rings. The van der Waals surface area contributed by atoms with Crippen LogP contribution >= 0.6 is 0 Å². The highest BCUT2D eigenvalue weighted by Gasteiger charge is 2.05. The van der Waals surface area contributed by atoms with Gasteiger partial charge in [0, 0.05) is 12.1 Å². The molecule has 0 radical (unpaired) electrons. The Labute approximate surface area is 85.6 Å². The molecule has 0 atom stereocenters. The number of anilines is 1. The molecule has 0 bridgehead atoms. The van der Waals surface area contributed by atoms with E-state index in [0.29, 0.717) is 18.1 Å². The van der Waals surface area contributed by atoms with Gasteiger partial charge in [-0.05, 0) is 6.07 Å². The van der Waals surface area contributed by atoms with Crippen molar-refractivity contribution in [3.63, 3.8) is 0 Å². The summed E-state index contributed by atoms with van der Waals surface area (Å²) in [4.78, 5) is 3.86. The fraction of sp³-hybridized carbons (Fsp3) is 0.111.